The molecule has 0 aromatic heterocycles. The van der Waals surface area contributed by atoms with Crippen LogP contribution in [-0.2, 0) is 16.0 Å². The molecule has 1 saturated heterocycles. The topological polar surface area (TPSA) is 70.7 Å². The molecule has 1 aliphatic heterocycles. The molecule has 0 aliphatic carbocycles. The lowest BCUT2D eigenvalue weighted by atomic mass is 10.0. The zero-order valence-corrected chi connectivity index (χ0v) is 19.5. The summed E-state index contributed by atoms with van der Waals surface area (Å²) < 4.78 is 5.43. The van der Waals surface area contributed by atoms with Crippen LogP contribution in [0.15, 0.2) is 78.9 Å². The highest BCUT2D eigenvalue weighted by molar-refractivity contribution is 6.01. The summed E-state index contributed by atoms with van der Waals surface area (Å²) in [7, 11) is 0. The first-order chi connectivity index (χ1) is 16.6. The van der Waals surface area contributed by atoms with Crippen LogP contribution in [0.1, 0.15) is 30.8 Å². The van der Waals surface area contributed by atoms with Crippen molar-refractivity contribution in [1.29, 1.82) is 0 Å². The van der Waals surface area contributed by atoms with Gasteiger partial charge in [0.25, 0.3) is 5.91 Å². The van der Waals surface area contributed by atoms with Gasteiger partial charge in [-0.15, -0.1) is 0 Å². The molecule has 3 aromatic rings. The minimum atomic E-state index is -0.661. The van der Waals surface area contributed by atoms with Gasteiger partial charge < -0.3 is 20.3 Å². The fraction of sp³-hybridized carbons (Fsp3) is 0.286. The molecule has 1 aliphatic rings. The number of hydrogen-bond acceptors (Lipinski definition) is 4. The van der Waals surface area contributed by atoms with Gasteiger partial charge in [-0.05, 0) is 61.2 Å². The number of morpholine rings is 1. The Labute approximate surface area is 203 Å². The lowest BCUT2D eigenvalue weighted by Gasteiger charge is -2.29. The Morgan fingerprint density at radius 3 is 2.32 bits per heavy atom. The van der Waals surface area contributed by atoms with E-state index in [-0.39, 0.29) is 14.7 Å². The third-order valence-corrected chi connectivity index (χ3v) is 6.09. The van der Waals surface area contributed by atoms with Gasteiger partial charge in [0.2, 0.25) is 5.91 Å². The number of ether oxygens (including phenoxy) is 1. The largest absolute Gasteiger partial charge is 0.378 e. The molecule has 3 aromatic carbocycles. The SMILES string of the molecule is Cc1ccccc1NC(=O)C(CCc1ccc(N2CCOCC2)cc1)NC(=O)c1ccccc1.[HH].[HH]. The molecule has 1 fully saturated rings. The van der Waals surface area contributed by atoms with Gasteiger partial charge in [0, 0.05) is 32.9 Å². The lowest BCUT2D eigenvalue weighted by molar-refractivity contribution is -0.118. The first-order valence-corrected chi connectivity index (χ1v) is 11.7. The van der Waals surface area contributed by atoms with E-state index in [1.54, 1.807) is 12.1 Å². The molecule has 0 saturated carbocycles. The van der Waals surface area contributed by atoms with Gasteiger partial charge in [-0.2, -0.15) is 0 Å². The van der Waals surface area contributed by atoms with Crippen LogP contribution >= 0.6 is 0 Å². The second kappa shape index (κ2) is 11.5. The summed E-state index contributed by atoms with van der Waals surface area (Å²) in [6.07, 6.45) is 1.16. The van der Waals surface area contributed by atoms with E-state index in [4.69, 9.17) is 4.74 Å². The molecule has 1 heterocycles. The monoisotopic (exact) mass is 461 g/mol. The molecule has 4 rings (SSSR count). The van der Waals surface area contributed by atoms with Gasteiger partial charge in [-0.3, -0.25) is 9.59 Å². The summed E-state index contributed by atoms with van der Waals surface area (Å²) in [5.74, 6) is -0.475. The van der Waals surface area contributed by atoms with Crippen LogP contribution in [0.4, 0.5) is 11.4 Å². The highest BCUT2D eigenvalue weighted by Gasteiger charge is 2.22. The minimum absolute atomic E-state index is 0. The normalized spacial score (nSPS) is 14.3. The summed E-state index contributed by atoms with van der Waals surface area (Å²) in [4.78, 5) is 28.3. The molecule has 1 atom stereocenters. The maximum absolute atomic E-state index is 13.2. The van der Waals surface area contributed by atoms with E-state index >= 15 is 0 Å². The highest BCUT2D eigenvalue weighted by Crippen LogP contribution is 2.19. The molecule has 6 nitrogen and oxygen atoms in total. The summed E-state index contributed by atoms with van der Waals surface area (Å²) in [6, 6.07) is 24.4. The van der Waals surface area contributed by atoms with E-state index in [9.17, 15) is 9.59 Å². The Balaban J connectivity index is 0.00000228. The molecular formula is C28H35N3O3. The van der Waals surface area contributed by atoms with Gasteiger partial charge in [-0.25, -0.2) is 0 Å². The Bertz CT molecular complexity index is 1100. The van der Waals surface area contributed by atoms with Gasteiger partial charge in [-0.1, -0.05) is 48.5 Å². The van der Waals surface area contributed by atoms with Gasteiger partial charge >= 0.3 is 0 Å². The van der Waals surface area contributed by atoms with Crippen molar-refractivity contribution in [2.75, 3.05) is 36.5 Å². The van der Waals surface area contributed by atoms with Crippen LogP contribution in [0.3, 0.4) is 0 Å². The number of anilines is 2. The van der Waals surface area contributed by atoms with Crippen molar-refractivity contribution in [2.24, 2.45) is 0 Å². The second-order valence-electron chi connectivity index (χ2n) is 8.50. The van der Waals surface area contributed by atoms with E-state index in [0.717, 1.165) is 43.1 Å². The van der Waals surface area contributed by atoms with Gasteiger partial charge in [0.15, 0.2) is 0 Å². The summed E-state index contributed by atoms with van der Waals surface area (Å²) in [6.45, 7) is 5.24. The van der Waals surface area contributed by atoms with E-state index in [2.05, 4.69) is 39.8 Å². The number of carbonyl (C=O) groups is 2. The molecule has 180 valence electrons. The van der Waals surface area contributed by atoms with Crippen molar-refractivity contribution in [2.45, 2.75) is 25.8 Å². The van der Waals surface area contributed by atoms with E-state index in [1.165, 1.54) is 5.69 Å². The maximum Gasteiger partial charge on any atom is 0.251 e. The van der Waals surface area contributed by atoms with Crippen LogP contribution < -0.4 is 15.5 Å². The van der Waals surface area contributed by atoms with Crippen LogP contribution in [0, 0.1) is 6.92 Å². The summed E-state index contributed by atoms with van der Waals surface area (Å²) >= 11 is 0. The number of amides is 2. The zero-order valence-electron chi connectivity index (χ0n) is 19.5. The first kappa shape index (κ1) is 23.5. The number of aryl methyl sites for hydroxylation is 2. The quantitative estimate of drug-likeness (QED) is 0.510. The first-order valence-electron chi connectivity index (χ1n) is 11.7. The van der Waals surface area contributed by atoms with E-state index in [0.29, 0.717) is 18.4 Å². The predicted octanol–water partition coefficient (Wildman–Crippen LogP) is 4.69. The minimum Gasteiger partial charge on any atom is -0.378 e. The average Bonchev–Trinajstić information content (AvgIpc) is 2.89. The number of hydrogen-bond donors (Lipinski definition) is 2. The fourth-order valence-corrected chi connectivity index (χ4v) is 4.04. The van der Waals surface area contributed by atoms with Crippen molar-refractivity contribution < 1.29 is 17.2 Å². The molecular weight excluding hydrogens is 426 g/mol. The Morgan fingerprint density at radius 1 is 0.941 bits per heavy atom. The molecule has 1 unspecified atom stereocenters. The van der Waals surface area contributed by atoms with Crippen molar-refractivity contribution in [3.8, 4) is 0 Å². The molecule has 0 radical (unpaired) electrons. The molecule has 34 heavy (non-hydrogen) atoms. The van der Waals surface area contributed by atoms with Crippen molar-refractivity contribution in [3.63, 3.8) is 0 Å². The predicted molar refractivity (Wildman–Crippen MR) is 140 cm³/mol. The molecule has 0 bridgehead atoms. The van der Waals surface area contributed by atoms with Crippen LogP contribution in [-0.4, -0.2) is 44.2 Å². The lowest BCUT2D eigenvalue weighted by Crippen LogP contribution is -2.44. The van der Waals surface area contributed by atoms with Crippen molar-refractivity contribution in [1.82, 2.24) is 5.32 Å². The van der Waals surface area contributed by atoms with Crippen LogP contribution in [0.25, 0.3) is 0 Å². The molecule has 2 amide bonds. The maximum atomic E-state index is 13.2. The number of nitrogens with one attached hydrogen (secondary N) is 2. The molecule has 6 heteroatoms. The summed E-state index contributed by atoms with van der Waals surface area (Å²) in [5, 5.41) is 5.92. The number of benzene rings is 3. The fourth-order valence-electron chi connectivity index (χ4n) is 4.04. The Morgan fingerprint density at radius 2 is 1.62 bits per heavy atom. The van der Waals surface area contributed by atoms with Crippen molar-refractivity contribution in [3.05, 3.63) is 95.6 Å². The standard InChI is InChI=1S/C28H31N3O3.2H2/c1-21-7-5-6-10-25(21)29-28(33)26(30-27(32)23-8-3-2-4-9-23)16-13-22-11-14-24(15-12-22)31-17-19-34-20-18-31;;/h2-12,14-15,26H,13,16-20H2,1H3,(H,29,33)(H,30,32);2*1H. The number of nitrogens with zero attached hydrogens (tertiary/aromatic N) is 1. The number of carbonyl (C=O) groups excluding carboxylic acids is 2. The smallest absolute Gasteiger partial charge is 0.251 e. The zero-order chi connectivity index (χ0) is 23.8. The second-order valence-corrected chi connectivity index (χ2v) is 8.50. The highest BCUT2D eigenvalue weighted by atomic mass is 16.5. The average molecular weight is 462 g/mol. The Kier molecular flexibility index (Phi) is 7.94. The van der Waals surface area contributed by atoms with E-state index in [1.807, 2.05) is 49.4 Å². The van der Waals surface area contributed by atoms with E-state index < -0.39 is 6.04 Å². The van der Waals surface area contributed by atoms with Crippen molar-refractivity contribution >= 4 is 23.2 Å². The van der Waals surface area contributed by atoms with Crippen LogP contribution in [0.2, 0.25) is 0 Å². The molecule has 0 spiro atoms. The third kappa shape index (κ3) is 6.23. The summed E-state index contributed by atoms with van der Waals surface area (Å²) in [5.41, 5.74) is 4.56. The number of rotatable bonds is 8. The number of para-hydroxylation sites is 1. The van der Waals surface area contributed by atoms with Gasteiger partial charge in [0.1, 0.15) is 6.04 Å². The molecule has 2 N–H and O–H groups in total. The Hall–Kier alpha value is -3.64. The van der Waals surface area contributed by atoms with Crippen LogP contribution in [0.5, 0.6) is 0 Å². The van der Waals surface area contributed by atoms with Gasteiger partial charge in [0.05, 0.1) is 13.2 Å². The third-order valence-electron chi connectivity index (χ3n) is 6.09.